The fourth-order valence-electron chi connectivity index (χ4n) is 1.48. The molecule has 1 aromatic rings. The first-order chi connectivity index (χ1) is 8.58. The molecule has 0 amide bonds. The Morgan fingerprint density at radius 2 is 2.22 bits per heavy atom. The highest BCUT2D eigenvalue weighted by Crippen LogP contribution is 2.29. The molecule has 0 aliphatic heterocycles. The van der Waals surface area contributed by atoms with Crippen LogP contribution in [0.2, 0.25) is 5.02 Å². The van der Waals surface area contributed by atoms with Gasteiger partial charge in [-0.1, -0.05) is 25.4 Å². The minimum atomic E-state index is -0.890. The number of halogens is 1. The van der Waals surface area contributed by atoms with Gasteiger partial charge in [-0.25, -0.2) is 4.79 Å². The van der Waals surface area contributed by atoms with Crippen molar-refractivity contribution >= 4 is 23.3 Å². The van der Waals surface area contributed by atoms with E-state index in [1.54, 1.807) is 18.2 Å². The summed E-state index contributed by atoms with van der Waals surface area (Å²) >= 11 is 5.91. The molecule has 0 spiro atoms. The first kappa shape index (κ1) is 14.6. The van der Waals surface area contributed by atoms with Crippen LogP contribution in [0.1, 0.15) is 26.7 Å². The fraction of sp³-hybridized carbons (Fsp3) is 0.462. The molecule has 2 N–H and O–H groups in total. The predicted octanol–water partition coefficient (Wildman–Crippen LogP) is 3.40. The van der Waals surface area contributed by atoms with Crippen LogP contribution < -0.4 is 10.1 Å². The van der Waals surface area contributed by atoms with E-state index in [0.29, 0.717) is 29.5 Å². The molecular formula is C13H18ClNO3. The highest BCUT2D eigenvalue weighted by Gasteiger charge is 2.16. The van der Waals surface area contributed by atoms with Crippen molar-refractivity contribution in [1.82, 2.24) is 0 Å². The summed E-state index contributed by atoms with van der Waals surface area (Å²) in [4.78, 5) is 11.0. The van der Waals surface area contributed by atoms with Crippen LogP contribution in [0, 0.1) is 0 Å². The molecule has 0 bridgehead atoms. The van der Waals surface area contributed by atoms with Crippen LogP contribution in [0.5, 0.6) is 5.75 Å². The van der Waals surface area contributed by atoms with E-state index >= 15 is 0 Å². The van der Waals surface area contributed by atoms with Gasteiger partial charge in [0.05, 0.1) is 12.3 Å². The van der Waals surface area contributed by atoms with Gasteiger partial charge in [-0.3, -0.25) is 0 Å². The number of carboxylic acids is 1. The van der Waals surface area contributed by atoms with Gasteiger partial charge >= 0.3 is 5.97 Å². The molecule has 0 aliphatic carbocycles. The molecule has 1 unspecified atom stereocenters. The molecule has 0 saturated carbocycles. The molecule has 1 atom stereocenters. The molecule has 1 aromatic carbocycles. The molecular weight excluding hydrogens is 254 g/mol. The summed E-state index contributed by atoms with van der Waals surface area (Å²) in [5.74, 6) is -0.264. The molecule has 0 heterocycles. The fourth-order valence-corrected chi connectivity index (χ4v) is 1.65. The summed E-state index contributed by atoms with van der Waals surface area (Å²) < 4.78 is 5.55. The lowest BCUT2D eigenvalue weighted by Gasteiger charge is -2.17. The maximum absolute atomic E-state index is 11.0. The van der Waals surface area contributed by atoms with Crippen LogP contribution in [0.15, 0.2) is 18.2 Å². The summed E-state index contributed by atoms with van der Waals surface area (Å²) in [5, 5.41) is 12.5. The van der Waals surface area contributed by atoms with Gasteiger partial charge in [0, 0.05) is 5.02 Å². The van der Waals surface area contributed by atoms with E-state index in [1.165, 1.54) is 0 Å². The second kappa shape index (κ2) is 7.11. The van der Waals surface area contributed by atoms with Crippen LogP contribution in [0.4, 0.5) is 5.69 Å². The Labute approximate surface area is 112 Å². The Morgan fingerprint density at radius 3 is 2.78 bits per heavy atom. The largest absolute Gasteiger partial charge is 0.491 e. The summed E-state index contributed by atoms with van der Waals surface area (Å²) in [7, 11) is 0. The van der Waals surface area contributed by atoms with Crippen LogP contribution in [-0.4, -0.2) is 23.7 Å². The van der Waals surface area contributed by atoms with Gasteiger partial charge in [0.1, 0.15) is 11.8 Å². The lowest BCUT2D eigenvalue weighted by atomic mass is 10.2. The lowest BCUT2D eigenvalue weighted by molar-refractivity contribution is -0.137. The molecule has 0 aliphatic rings. The van der Waals surface area contributed by atoms with E-state index < -0.39 is 12.0 Å². The quantitative estimate of drug-likeness (QED) is 0.798. The van der Waals surface area contributed by atoms with Crippen molar-refractivity contribution in [3.8, 4) is 5.75 Å². The molecule has 1 rings (SSSR count). The topological polar surface area (TPSA) is 58.6 Å². The Hall–Kier alpha value is -1.42. The van der Waals surface area contributed by atoms with Gasteiger partial charge in [0.2, 0.25) is 0 Å². The predicted molar refractivity (Wildman–Crippen MR) is 72.6 cm³/mol. The Morgan fingerprint density at radius 1 is 1.50 bits per heavy atom. The van der Waals surface area contributed by atoms with Gasteiger partial charge in [0.15, 0.2) is 0 Å². The molecule has 100 valence electrons. The second-order valence-corrected chi connectivity index (χ2v) is 4.37. The zero-order chi connectivity index (χ0) is 13.5. The number of aliphatic carboxylic acids is 1. The smallest absolute Gasteiger partial charge is 0.326 e. The highest BCUT2D eigenvalue weighted by molar-refractivity contribution is 6.30. The highest BCUT2D eigenvalue weighted by atomic mass is 35.5. The van der Waals surface area contributed by atoms with E-state index in [9.17, 15) is 4.79 Å². The number of ether oxygens (including phenoxy) is 1. The van der Waals surface area contributed by atoms with E-state index in [4.69, 9.17) is 21.4 Å². The number of hydrogen-bond acceptors (Lipinski definition) is 3. The van der Waals surface area contributed by atoms with Crippen molar-refractivity contribution in [2.45, 2.75) is 32.7 Å². The molecule has 4 nitrogen and oxygen atoms in total. The van der Waals surface area contributed by atoms with Gasteiger partial charge in [-0.2, -0.15) is 0 Å². The molecule has 0 radical (unpaired) electrons. The normalized spacial score (nSPS) is 11.9. The maximum Gasteiger partial charge on any atom is 0.326 e. The van der Waals surface area contributed by atoms with Crippen LogP contribution in [0.25, 0.3) is 0 Å². The average Bonchev–Trinajstić information content (AvgIpc) is 2.34. The van der Waals surface area contributed by atoms with Crippen molar-refractivity contribution < 1.29 is 14.6 Å². The minimum Gasteiger partial charge on any atom is -0.491 e. The lowest BCUT2D eigenvalue weighted by Crippen LogP contribution is -2.28. The van der Waals surface area contributed by atoms with Crippen molar-refractivity contribution in [1.29, 1.82) is 0 Å². The Kier molecular flexibility index (Phi) is 5.78. The maximum atomic E-state index is 11.0. The standard InChI is InChI=1S/C13H18ClNO3/c1-3-7-18-12-6-5-9(14)8-11(12)15-10(4-2)13(16)17/h5-6,8,10,15H,3-4,7H2,1-2H3,(H,16,17). The number of benzene rings is 1. The second-order valence-electron chi connectivity index (χ2n) is 3.93. The van der Waals surface area contributed by atoms with Crippen LogP contribution >= 0.6 is 11.6 Å². The van der Waals surface area contributed by atoms with E-state index in [0.717, 1.165) is 6.42 Å². The zero-order valence-electron chi connectivity index (χ0n) is 10.6. The monoisotopic (exact) mass is 271 g/mol. The van der Waals surface area contributed by atoms with Gasteiger partial charge in [-0.05, 0) is 31.0 Å². The van der Waals surface area contributed by atoms with Gasteiger partial charge in [0.25, 0.3) is 0 Å². The van der Waals surface area contributed by atoms with Gasteiger partial charge in [-0.15, -0.1) is 0 Å². The third kappa shape index (κ3) is 4.11. The first-order valence-corrected chi connectivity index (χ1v) is 6.38. The third-order valence-corrected chi connectivity index (χ3v) is 2.67. The van der Waals surface area contributed by atoms with Crippen LogP contribution in [-0.2, 0) is 4.79 Å². The summed E-state index contributed by atoms with van der Waals surface area (Å²) in [6, 6.07) is 4.50. The SMILES string of the molecule is CCCOc1ccc(Cl)cc1NC(CC)C(=O)O. The minimum absolute atomic E-state index is 0.481. The number of nitrogens with one attached hydrogen (secondary N) is 1. The van der Waals surface area contributed by atoms with E-state index in [-0.39, 0.29) is 0 Å². The molecule has 0 aromatic heterocycles. The van der Waals surface area contributed by atoms with Crippen molar-refractivity contribution in [3.05, 3.63) is 23.2 Å². The van der Waals surface area contributed by atoms with E-state index in [2.05, 4.69) is 5.32 Å². The first-order valence-electron chi connectivity index (χ1n) is 6.00. The zero-order valence-corrected chi connectivity index (χ0v) is 11.3. The number of rotatable bonds is 7. The number of carboxylic acid groups (broad SMARTS) is 1. The Bertz CT molecular complexity index is 409. The van der Waals surface area contributed by atoms with Crippen molar-refractivity contribution in [2.75, 3.05) is 11.9 Å². The van der Waals surface area contributed by atoms with Gasteiger partial charge < -0.3 is 15.2 Å². The molecule has 0 fully saturated rings. The summed E-state index contributed by atoms with van der Waals surface area (Å²) in [6.45, 7) is 4.40. The summed E-state index contributed by atoms with van der Waals surface area (Å²) in [6.07, 6.45) is 1.37. The third-order valence-electron chi connectivity index (χ3n) is 2.44. The number of anilines is 1. The van der Waals surface area contributed by atoms with E-state index in [1.807, 2.05) is 13.8 Å². The molecule has 18 heavy (non-hydrogen) atoms. The molecule has 5 heteroatoms. The Balaban J connectivity index is 2.90. The summed E-state index contributed by atoms with van der Waals surface area (Å²) in [5.41, 5.74) is 0.616. The van der Waals surface area contributed by atoms with Crippen molar-refractivity contribution in [2.24, 2.45) is 0 Å². The van der Waals surface area contributed by atoms with Crippen molar-refractivity contribution in [3.63, 3.8) is 0 Å². The van der Waals surface area contributed by atoms with Crippen LogP contribution in [0.3, 0.4) is 0 Å². The molecule has 0 saturated heterocycles. The average molecular weight is 272 g/mol. The number of carbonyl (C=O) groups is 1. The number of hydrogen-bond donors (Lipinski definition) is 2.